The van der Waals surface area contributed by atoms with Crippen LogP contribution in [0.25, 0.3) is 0 Å². The molecule has 0 N–H and O–H groups in total. The number of morpholine rings is 1. The number of aryl methyl sites for hydroxylation is 1. The SMILES string of the molecule is CCN(CC)C(=O)C1=C(C)N=C2SC=C(CC(=O)N3CCOCC3)N2C1c1ccc(C)cc1. The number of carbonyl (C=O) groups excluding carboxylic acids is 2. The molecule has 0 radical (unpaired) electrons. The predicted molar refractivity (Wildman–Crippen MR) is 132 cm³/mol. The second-order valence-corrected chi connectivity index (χ2v) is 9.29. The van der Waals surface area contributed by atoms with Gasteiger partial charge in [0.25, 0.3) is 5.91 Å². The molecule has 1 fully saturated rings. The normalized spacial score (nSPS) is 20.4. The summed E-state index contributed by atoms with van der Waals surface area (Å²) in [6, 6.07) is 7.99. The summed E-state index contributed by atoms with van der Waals surface area (Å²) < 4.78 is 5.40. The second kappa shape index (κ2) is 10.1. The van der Waals surface area contributed by atoms with Gasteiger partial charge in [-0.05, 0) is 38.7 Å². The van der Waals surface area contributed by atoms with Crippen molar-refractivity contribution in [3.8, 4) is 0 Å². The van der Waals surface area contributed by atoms with Gasteiger partial charge in [-0.15, -0.1) is 0 Å². The smallest absolute Gasteiger partial charge is 0.254 e. The van der Waals surface area contributed by atoms with Crippen LogP contribution in [0.15, 0.2) is 51.6 Å². The van der Waals surface area contributed by atoms with E-state index < -0.39 is 0 Å². The van der Waals surface area contributed by atoms with E-state index in [9.17, 15) is 9.59 Å². The highest BCUT2D eigenvalue weighted by Gasteiger charge is 2.41. The van der Waals surface area contributed by atoms with E-state index >= 15 is 0 Å². The number of amides is 2. The molecule has 0 aliphatic carbocycles. The number of rotatable bonds is 6. The van der Waals surface area contributed by atoms with Crippen LogP contribution < -0.4 is 0 Å². The Morgan fingerprint density at radius 1 is 1.12 bits per heavy atom. The van der Waals surface area contributed by atoms with Crippen molar-refractivity contribution in [2.45, 2.75) is 40.2 Å². The van der Waals surface area contributed by atoms with E-state index in [0.717, 1.165) is 27.7 Å². The van der Waals surface area contributed by atoms with E-state index in [1.165, 1.54) is 11.8 Å². The molecule has 2 amide bonds. The van der Waals surface area contributed by atoms with Gasteiger partial charge < -0.3 is 19.4 Å². The number of aliphatic imine (C=N–C) groups is 1. The van der Waals surface area contributed by atoms with E-state index in [1.54, 1.807) is 0 Å². The number of allylic oxidation sites excluding steroid dienone is 1. The van der Waals surface area contributed by atoms with Crippen LogP contribution in [0, 0.1) is 6.92 Å². The largest absolute Gasteiger partial charge is 0.378 e. The van der Waals surface area contributed by atoms with Crippen LogP contribution in [0.2, 0.25) is 0 Å². The van der Waals surface area contributed by atoms with E-state index in [1.807, 2.05) is 36.0 Å². The molecule has 3 aliphatic heterocycles. The van der Waals surface area contributed by atoms with E-state index in [4.69, 9.17) is 9.73 Å². The zero-order valence-electron chi connectivity index (χ0n) is 19.8. The molecule has 1 unspecified atom stereocenters. The highest BCUT2D eigenvalue weighted by atomic mass is 32.2. The molecule has 1 aromatic rings. The Morgan fingerprint density at radius 3 is 2.42 bits per heavy atom. The predicted octanol–water partition coefficient (Wildman–Crippen LogP) is 3.69. The summed E-state index contributed by atoms with van der Waals surface area (Å²) in [5.74, 6) is 0.0820. The fraction of sp³-hybridized carbons (Fsp3) is 0.480. The standard InChI is InChI=1S/C25H32N4O3S/c1-5-27(6-2)24(31)22-18(4)26-25-29(23(22)19-9-7-17(3)8-10-19)20(16-33-25)15-21(30)28-11-13-32-14-12-28/h7-10,16,23H,5-6,11-15H2,1-4H3. The summed E-state index contributed by atoms with van der Waals surface area (Å²) in [5.41, 5.74) is 4.49. The van der Waals surface area contributed by atoms with Crippen LogP contribution in [0.4, 0.5) is 0 Å². The molecule has 1 aromatic carbocycles. The third-order valence-electron chi connectivity index (χ3n) is 6.37. The molecule has 1 saturated heterocycles. The maximum Gasteiger partial charge on any atom is 0.254 e. The van der Waals surface area contributed by atoms with Crippen molar-refractivity contribution in [3.05, 3.63) is 57.8 Å². The van der Waals surface area contributed by atoms with E-state index in [0.29, 0.717) is 45.0 Å². The van der Waals surface area contributed by atoms with E-state index in [-0.39, 0.29) is 24.3 Å². The van der Waals surface area contributed by atoms with Gasteiger partial charge in [0, 0.05) is 31.9 Å². The number of nitrogens with zero attached hydrogens (tertiary/aromatic N) is 4. The molecule has 4 rings (SSSR count). The molecule has 3 aliphatic rings. The van der Waals surface area contributed by atoms with Crippen LogP contribution in [-0.4, -0.2) is 71.1 Å². The van der Waals surface area contributed by atoms with Crippen LogP contribution in [0.3, 0.4) is 0 Å². The zero-order valence-corrected chi connectivity index (χ0v) is 20.7. The number of amidine groups is 1. The van der Waals surface area contributed by atoms with Gasteiger partial charge in [0.05, 0.1) is 36.9 Å². The summed E-state index contributed by atoms with van der Waals surface area (Å²) in [6.07, 6.45) is 0.278. The Balaban J connectivity index is 1.71. The number of benzene rings is 1. The second-order valence-electron chi connectivity index (χ2n) is 8.45. The van der Waals surface area contributed by atoms with Crippen molar-refractivity contribution >= 4 is 28.7 Å². The number of fused-ring (bicyclic) bond motifs is 1. The Morgan fingerprint density at radius 2 is 1.79 bits per heavy atom. The topological polar surface area (TPSA) is 65.5 Å². The van der Waals surface area contributed by atoms with Gasteiger partial charge in [-0.25, -0.2) is 4.99 Å². The Kier molecular flexibility index (Phi) is 7.24. The minimum atomic E-state index is -0.315. The summed E-state index contributed by atoms with van der Waals surface area (Å²) in [5, 5.41) is 2.83. The molecule has 33 heavy (non-hydrogen) atoms. The van der Waals surface area contributed by atoms with Crippen LogP contribution in [0.5, 0.6) is 0 Å². The summed E-state index contributed by atoms with van der Waals surface area (Å²) in [7, 11) is 0. The average Bonchev–Trinajstić information content (AvgIpc) is 3.21. The lowest BCUT2D eigenvalue weighted by Crippen LogP contribution is -2.43. The average molecular weight is 469 g/mol. The van der Waals surface area contributed by atoms with Gasteiger partial charge >= 0.3 is 0 Å². The molecule has 0 saturated carbocycles. The maximum atomic E-state index is 13.6. The van der Waals surface area contributed by atoms with Crippen molar-refractivity contribution in [2.24, 2.45) is 4.99 Å². The van der Waals surface area contributed by atoms with Crippen molar-refractivity contribution in [1.82, 2.24) is 14.7 Å². The third kappa shape index (κ3) is 4.73. The zero-order chi connectivity index (χ0) is 23.5. The first-order valence-electron chi connectivity index (χ1n) is 11.6. The molecule has 0 aromatic heterocycles. The van der Waals surface area contributed by atoms with Gasteiger partial charge in [0.1, 0.15) is 0 Å². The van der Waals surface area contributed by atoms with Crippen molar-refractivity contribution < 1.29 is 14.3 Å². The number of hydrogen-bond donors (Lipinski definition) is 0. The summed E-state index contributed by atoms with van der Waals surface area (Å²) in [6.45, 7) is 11.6. The highest BCUT2D eigenvalue weighted by molar-refractivity contribution is 8.16. The Bertz CT molecular complexity index is 1000. The molecule has 1 atom stereocenters. The van der Waals surface area contributed by atoms with Gasteiger partial charge in [-0.3, -0.25) is 9.59 Å². The molecule has 7 nitrogen and oxygen atoms in total. The van der Waals surface area contributed by atoms with Gasteiger partial charge in [0.15, 0.2) is 5.17 Å². The first-order valence-corrected chi connectivity index (χ1v) is 12.5. The fourth-order valence-corrected chi connectivity index (χ4v) is 5.43. The van der Waals surface area contributed by atoms with Gasteiger partial charge in [-0.2, -0.15) is 0 Å². The van der Waals surface area contributed by atoms with Gasteiger partial charge in [-0.1, -0.05) is 41.6 Å². The number of carbonyl (C=O) groups is 2. The van der Waals surface area contributed by atoms with Gasteiger partial charge in [0.2, 0.25) is 5.91 Å². The van der Waals surface area contributed by atoms with Crippen molar-refractivity contribution in [3.63, 3.8) is 0 Å². The molecular weight excluding hydrogens is 436 g/mol. The third-order valence-corrected chi connectivity index (χ3v) is 7.26. The van der Waals surface area contributed by atoms with Crippen molar-refractivity contribution in [1.29, 1.82) is 0 Å². The molecule has 0 spiro atoms. The Labute approximate surface area is 200 Å². The quantitative estimate of drug-likeness (QED) is 0.637. The lowest BCUT2D eigenvalue weighted by atomic mass is 9.92. The summed E-state index contributed by atoms with van der Waals surface area (Å²) in [4.78, 5) is 37.3. The molecule has 0 bridgehead atoms. The van der Waals surface area contributed by atoms with Crippen molar-refractivity contribution in [2.75, 3.05) is 39.4 Å². The van der Waals surface area contributed by atoms with Crippen LogP contribution in [-0.2, 0) is 14.3 Å². The van der Waals surface area contributed by atoms with Crippen LogP contribution >= 0.6 is 11.8 Å². The fourth-order valence-electron chi connectivity index (χ4n) is 4.47. The number of thioether (sulfide) groups is 1. The lowest BCUT2D eigenvalue weighted by Gasteiger charge is -2.38. The maximum absolute atomic E-state index is 13.6. The highest BCUT2D eigenvalue weighted by Crippen LogP contribution is 2.45. The summed E-state index contributed by atoms with van der Waals surface area (Å²) >= 11 is 1.52. The number of hydrogen-bond acceptors (Lipinski definition) is 6. The number of likely N-dealkylation sites (N-methyl/N-ethyl adjacent to an activating group) is 1. The molecule has 8 heteroatoms. The molecule has 176 valence electrons. The first kappa shape index (κ1) is 23.6. The monoisotopic (exact) mass is 468 g/mol. The molecular formula is C25H32N4O3S. The molecule has 3 heterocycles. The Hall–Kier alpha value is -2.58. The lowest BCUT2D eigenvalue weighted by molar-refractivity contribution is -0.134. The first-order chi connectivity index (χ1) is 15.9. The minimum absolute atomic E-state index is 0.00151. The minimum Gasteiger partial charge on any atom is -0.378 e. The van der Waals surface area contributed by atoms with Crippen LogP contribution in [0.1, 0.15) is 44.4 Å². The number of ether oxygens (including phenoxy) is 1. The van der Waals surface area contributed by atoms with E-state index in [2.05, 4.69) is 36.1 Å².